The van der Waals surface area contributed by atoms with Crippen molar-refractivity contribution in [3.63, 3.8) is 0 Å². The van der Waals surface area contributed by atoms with Gasteiger partial charge in [-0.2, -0.15) is 0 Å². The summed E-state index contributed by atoms with van der Waals surface area (Å²) in [5.74, 6) is -0.459. The van der Waals surface area contributed by atoms with Crippen molar-refractivity contribution in [3.05, 3.63) is 47.2 Å². The van der Waals surface area contributed by atoms with Crippen LogP contribution in [0.4, 0.5) is 0 Å². The van der Waals surface area contributed by atoms with Crippen LogP contribution >= 0.6 is 0 Å². The zero-order valence-corrected chi connectivity index (χ0v) is 10.2. The first-order valence-corrected chi connectivity index (χ1v) is 5.22. The van der Waals surface area contributed by atoms with Crippen LogP contribution in [0.25, 0.3) is 0 Å². The molecule has 0 unspecified atom stereocenters. The minimum Gasteiger partial charge on any atom is -0.402 e. The molecule has 0 aliphatic rings. The second-order valence-corrected chi connectivity index (χ2v) is 3.48. The normalized spacial score (nSPS) is 14.6. The largest absolute Gasteiger partial charge is 0.402 e. The van der Waals surface area contributed by atoms with E-state index in [1.165, 1.54) is 0 Å². The number of hydrogen-bond donors (Lipinski definition) is 2. The van der Waals surface area contributed by atoms with E-state index in [9.17, 15) is 4.79 Å². The summed E-state index contributed by atoms with van der Waals surface area (Å²) >= 11 is 0. The molecule has 0 spiro atoms. The Hall–Kier alpha value is -1.77. The van der Waals surface area contributed by atoms with Crippen LogP contribution < -0.4 is 11.5 Å². The first kappa shape index (κ1) is 14.2. The molecule has 0 aromatic rings. The van der Waals surface area contributed by atoms with Gasteiger partial charge >= 0.3 is 0 Å². The summed E-state index contributed by atoms with van der Waals surface area (Å²) in [6.45, 7) is 5.71. The molecule has 0 saturated heterocycles. The average molecular weight is 220 g/mol. The molecule has 88 valence electrons. The van der Waals surface area contributed by atoms with Crippen LogP contribution in [0.15, 0.2) is 47.2 Å². The van der Waals surface area contributed by atoms with Crippen LogP contribution in [0.2, 0.25) is 0 Å². The van der Waals surface area contributed by atoms with Crippen LogP contribution in [-0.2, 0) is 4.79 Å². The first-order chi connectivity index (χ1) is 7.51. The fraction of sp³-hybridized carbons (Fsp3) is 0.308. The standard InChI is InChI=1S/C13H20N2O/c1-4-6-10(3)7-8-12(14)9-11(5-2)13(15)16/h4-7,9H,8,14H2,1-3H3,(H2,15,16)/b6-4-,10-7-,11-5+,12-9-. The lowest BCUT2D eigenvalue weighted by Gasteiger charge is -1.99. The lowest BCUT2D eigenvalue weighted by Crippen LogP contribution is -2.13. The van der Waals surface area contributed by atoms with Crippen molar-refractivity contribution >= 4 is 5.91 Å². The van der Waals surface area contributed by atoms with Crippen LogP contribution in [0.1, 0.15) is 27.2 Å². The minimum atomic E-state index is -0.459. The third-order valence-corrected chi connectivity index (χ3v) is 2.03. The zero-order chi connectivity index (χ0) is 12.6. The smallest absolute Gasteiger partial charge is 0.248 e. The van der Waals surface area contributed by atoms with Gasteiger partial charge in [-0.1, -0.05) is 29.9 Å². The Morgan fingerprint density at radius 3 is 2.31 bits per heavy atom. The van der Waals surface area contributed by atoms with Crippen LogP contribution in [-0.4, -0.2) is 5.91 Å². The third kappa shape index (κ3) is 5.86. The van der Waals surface area contributed by atoms with Crippen molar-refractivity contribution < 1.29 is 4.79 Å². The Kier molecular flexibility index (Phi) is 6.68. The highest BCUT2D eigenvalue weighted by atomic mass is 16.1. The maximum Gasteiger partial charge on any atom is 0.248 e. The molecule has 0 aliphatic heterocycles. The van der Waals surface area contributed by atoms with E-state index in [1.807, 2.05) is 32.1 Å². The van der Waals surface area contributed by atoms with Gasteiger partial charge in [0.15, 0.2) is 0 Å². The van der Waals surface area contributed by atoms with E-state index in [0.29, 0.717) is 17.7 Å². The van der Waals surface area contributed by atoms with Gasteiger partial charge in [0.1, 0.15) is 0 Å². The maximum atomic E-state index is 10.9. The van der Waals surface area contributed by atoms with Crippen molar-refractivity contribution in [2.75, 3.05) is 0 Å². The van der Waals surface area contributed by atoms with Crippen molar-refractivity contribution in [1.82, 2.24) is 0 Å². The number of allylic oxidation sites excluding steroid dienone is 5. The Bertz CT molecular complexity index is 360. The highest BCUT2D eigenvalue weighted by molar-refractivity contribution is 5.94. The van der Waals surface area contributed by atoms with Crippen LogP contribution in [0, 0.1) is 0 Å². The predicted octanol–water partition coefficient (Wildman–Crippen LogP) is 2.17. The molecular formula is C13H20N2O. The number of rotatable bonds is 5. The zero-order valence-electron chi connectivity index (χ0n) is 10.2. The highest BCUT2D eigenvalue weighted by Crippen LogP contribution is 2.05. The number of hydrogen-bond acceptors (Lipinski definition) is 2. The number of carbonyl (C=O) groups is 1. The molecule has 0 heterocycles. The summed E-state index contributed by atoms with van der Waals surface area (Å²) in [6.07, 6.45) is 9.84. The fourth-order valence-electron chi connectivity index (χ4n) is 1.17. The average Bonchev–Trinajstić information content (AvgIpc) is 2.23. The van der Waals surface area contributed by atoms with Gasteiger partial charge in [0.05, 0.1) is 0 Å². The molecule has 0 aromatic heterocycles. The summed E-state index contributed by atoms with van der Waals surface area (Å²) < 4.78 is 0. The molecular weight excluding hydrogens is 200 g/mol. The topological polar surface area (TPSA) is 69.1 Å². The molecule has 0 atom stereocenters. The van der Waals surface area contributed by atoms with Gasteiger partial charge in [-0.3, -0.25) is 4.79 Å². The summed E-state index contributed by atoms with van der Waals surface area (Å²) in [7, 11) is 0. The molecule has 0 fully saturated rings. The van der Waals surface area contributed by atoms with E-state index in [2.05, 4.69) is 0 Å². The molecule has 3 nitrogen and oxygen atoms in total. The van der Waals surface area contributed by atoms with E-state index in [1.54, 1.807) is 19.1 Å². The van der Waals surface area contributed by atoms with Gasteiger partial charge in [0, 0.05) is 17.7 Å². The van der Waals surface area contributed by atoms with Gasteiger partial charge in [-0.15, -0.1) is 0 Å². The van der Waals surface area contributed by atoms with Gasteiger partial charge < -0.3 is 11.5 Å². The molecule has 0 rings (SSSR count). The van der Waals surface area contributed by atoms with E-state index in [-0.39, 0.29) is 0 Å². The van der Waals surface area contributed by atoms with Gasteiger partial charge in [0.25, 0.3) is 0 Å². The molecule has 0 radical (unpaired) electrons. The van der Waals surface area contributed by atoms with E-state index in [0.717, 1.165) is 5.57 Å². The molecule has 3 heteroatoms. The summed E-state index contributed by atoms with van der Waals surface area (Å²) in [6, 6.07) is 0. The van der Waals surface area contributed by atoms with Gasteiger partial charge in [-0.05, 0) is 26.8 Å². The van der Waals surface area contributed by atoms with E-state index in [4.69, 9.17) is 11.5 Å². The third-order valence-electron chi connectivity index (χ3n) is 2.03. The molecule has 1 amide bonds. The lowest BCUT2D eigenvalue weighted by molar-refractivity contribution is -0.114. The summed E-state index contributed by atoms with van der Waals surface area (Å²) in [5, 5.41) is 0. The number of nitrogens with two attached hydrogens (primary N) is 2. The molecule has 4 N–H and O–H groups in total. The number of carbonyl (C=O) groups excluding carboxylic acids is 1. The molecule has 0 aromatic carbocycles. The second kappa shape index (κ2) is 7.51. The monoisotopic (exact) mass is 220 g/mol. The molecule has 16 heavy (non-hydrogen) atoms. The SMILES string of the molecule is C/C=C\C(C)=C/C/C(N)=C/C(=C\C)C(N)=O. The maximum absolute atomic E-state index is 10.9. The summed E-state index contributed by atoms with van der Waals surface area (Å²) in [4.78, 5) is 10.9. The Morgan fingerprint density at radius 2 is 1.88 bits per heavy atom. The Morgan fingerprint density at radius 1 is 1.25 bits per heavy atom. The van der Waals surface area contributed by atoms with E-state index < -0.39 is 5.91 Å². The van der Waals surface area contributed by atoms with Gasteiger partial charge in [-0.25, -0.2) is 0 Å². The number of primary amides is 1. The molecule has 0 bridgehead atoms. The van der Waals surface area contributed by atoms with Crippen molar-refractivity contribution in [2.45, 2.75) is 27.2 Å². The lowest BCUT2D eigenvalue weighted by atomic mass is 10.1. The Labute approximate surface area is 97.2 Å². The first-order valence-electron chi connectivity index (χ1n) is 5.22. The van der Waals surface area contributed by atoms with Crippen molar-refractivity contribution in [1.29, 1.82) is 0 Å². The van der Waals surface area contributed by atoms with Gasteiger partial charge in [0.2, 0.25) is 5.91 Å². The predicted molar refractivity (Wildman–Crippen MR) is 68.4 cm³/mol. The number of amides is 1. The minimum absolute atomic E-state index is 0.439. The summed E-state index contributed by atoms with van der Waals surface area (Å²) in [5.41, 5.74) is 13.1. The van der Waals surface area contributed by atoms with Crippen molar-refractivity contribution in [3.8, 4) is 0 Å². The highest BCUT2D eigenvalue weighted by Gasteiger charge is 1.99. The quantitative estimate of drug-likeness (QED) is 0.550. The van der Waals surface area contributed by atoms with Crippen LogP contribution in [0.5, 0.6) is 0 Å². The molecule has 0 aliphatic carbocycles. The molecule has 0 saturated carbocycles. The van der Waals surface area contributed by atoms with Crippen LogP contribution in [0.3, 0.4) is 0 Å². The second-order valence-electron chi connectivity index (χ2n) is 3.48. The fourth-order valence-corrected chi connectivity index (χ4v) is 1.17. The van der Waals surface area contributed by atoms with E-state index >= 15 is 0 Å². The Balaban J connectivity index is 4.58. The van der Waals surface area contributed by atoms with Crippen molar-refractivity contribution in [2.24, 2.45) is 11.5 Å².